The van der Waals surface area contributed by atoms with E-state index >= 15 is 0 Å². The number of rotatable bonds is 7. The van der Waals surface area contributed by atoms with Gasteiger partial charge in [0.1, 0.15) is 17.7 Å². The first-order chi connectivity index (χ1) is 14.1. The average molecular weight is 427 g/mol. The summed E-state index contributed by atoms with van der Waals surface area (Å²) >= 11 is 12.5. The molecule has 0 amide bonds. The van der Waals surface area contributed by atoms with Gasteiger partial charge in [0.05, 0.1) is 12.9 Å². The van der Waals surface area contributed by atoms with Crippen molar-refractivity contribution in [3.63, 3.8) is 0 Å². The quantitative estimate of drug-likeness (QED) is 0.377. The standard InChI is InChI=1S/C22H20Cl2N4O/c1-2-22-26-10-12-28(22)17-4-6-18(7-5-17)29-21(14-27-11-9-25-15-27)19-8-3-16(23)13-20(19)24/h3-13,15,21H,2,14H2,1H3. The van der Waals surface area contributed by atoms with Crippen LogP contribution in [0.25, 0.3) is 5.69 Å². The van der Waals surface area contributed by atoms with Crippen LogP contribution in [0.1, 0.15) is 24.4 Å². The van der Waals surface area contributed by atoms with Crippen LogP contribution >= 0.6 is 23.2 Å². The largest absolute Gasteiger partial charge is 0.484 e. The molecule has 2 aromatic carbocycles. The normalized spacial score (nSPS) is 12.1. The Bertz CT molecular complexity index is 1070. The van der Waals surface area contributed by atoms with Crippen molar-refractivity contribution >= 4 is 23.2 Å². The van der Waals surface area contributed by atoms with Gasteiger partial charge in [-0.3, -0.25) is 0 Å². The van der Waals surface area contributed by atoms with Crippen LogP contribution in [0.4, 0.5) is 0 Å². The van der Waals surface area contributed by atoms with Crippen LogP contribution in [0.5, 0.6) is 5.75 Å². The summed E-state index contributed by atoms with van der Waals surface area (Å²) in [6.45, 7) is 2.66. The Labute approximate surface area is 179 Å². The van der Waals surface area contributed by atoms with Crippen molar-refractivity contribution in [3.05, 3.63) is 95.0 Å². The Hall–Kier alpha value is -2.76. The minimum Gasteiger partial charge on any atom is -0.484 e. The van der Waals surface area contributed by atoms with E-state index in [1.54, 1.807) is 18.6 Å². The second-order valence-corrected chi connectivity index (χ2v) is 7.44. The van der Waals surface area contributed by atoms with E-state index in [-0.39, 0.29) is 6.10 Å². The third-order valence-electron chi connectivity index (χ3n) is 4.67. The van der Waals surface area contributed by atoms with Crippen LogP contribution in [0.2, 0.25) is 10.0 Å². The lowest BCUT2D eigenvalue weighted by atomic mass is 10.1. The molecule has 2 heterocycles. The Morgan fingerprint density at radius 1 is 1.03 bits per heavy atom. The maximum absolute atomic E-state index is 6.46. The van der Waals surface area contributed by atoms with E-state index in [1.165, 1.54) is 0 Å². The molecule has 0 saturated carbocycles. The van der Waals surface area contributed by atoms with Gasteiger partial charge in [0.2, 0.25) is 0 Å². The summed E-state index contributed by atoms with van der Waals surface area (Å²) in [5.74, 6) is 1.77. The van der Waals surface area contributed by atoms with Crippen molar-refractivity contribution in [1.82, 2.24) is 19.1 Å². The van der Waals surface area contributed by atoms with E-state index in [2.05, 4.69) is 21.5 Å². The number of aromatic nitrogens is 4. The van der Waals surface area contributed by atoms with Crippen LogP contribution < -0.4 is 4.74 Å². The molecule has 0 N–H and O–H groups in total. The van der Waals surface area contributed by atoms with Crippen LogP contribution in [-0.2, 0) is 13.0 Å². The van der Waals surface area contributed by atoms with Crippen molar-refractivity contribution in [2.75, 3.05) is 0 Å². The lowest BCUT2D eigenvalue weighted by Crippen LogP contribution is -2.15. The first-order valence-electron chi connectivity index (χ1n) is 9.34. The highest BCUT2D eigenvalue weighted by atomic mass is 35.5. The van der Waals surface area contributed by atoms with Crippen molar-refractivity contribution in [1.29, 1.82) is 0 Å². The van der Waals surface area contributed by atoms with Gasteiger partial charge >= 0.3 is 0 Å². The average Bonchev–Trinajstić information content (AvgIpc) is 3.40. The van der Waals surface area contributed by atoms with E-state index in [0.717, 1.165) is 29.2 Å². The molecule has 4 aromatic rings. The number of hydrogen-bond acceptors (Lipinski definition) is 3. The molecule has 1 unspecified atom stereocenters. The summed E-state index contributed by atoms with van der Waals surface area (Å²) in [5, 5.41) is 1.17. The molecule has 0 aliphatic rings. The second kappa shape index (κ2) is 8.72. The SMILES string of the molecule is CCc1nccn1-c1ccc(OC(Cn2ccnc2)c2ccc(Cl)cc2Cl)cc1. The summed E-state index contributed by atoms with van der Waals surface area (Å²) in [4.78, 5) is 8.49. The van der Waals surface area contributed by atoms with Gasteiger partial charge in [-0.15, -0.1) is 0 Å². The molecule has 5 nitrogen and oxygen atoms in total. The molecule has 4 rings (SSSR count). The fraction of sp³-hybridized carbons (Fsp3) is 0.182. The monoisotopic (exact) mass is 426 g/mol. The summed E-state index contributed by atoms with van der Waals surface area (Å²) in [7, 11) is 0. The van der Waals surface area contributed by atoms with Crippen LogP contribution in [-0.4, -0.2) is 19.1 Å². The lowest BCUT2D eigenvalue weighted by molar-refractivity contribution is 0.183. The first kappa shape index (κ1) is 19.6. The molecule has 0 saturated heterocycles. The molecule has 0 spiro atoms. The number of ether oxygens (including phenoxy) is 1. The van der Waals surface area contributed by atoms with Gasteiger partial charge in [-0.1, -0.05) is 36.2 Å². The van der Waals surface area contributed by atoms with Gasteiger partial charge in [0.25, 0.3) is 0 Å². The maximum atomic E-state index is 6.46. The van der Waals surface area contributed by atoms with E-state index in [1.807, 2.05) is 59.6 Å². The molecule has 29 heavy (non-hydrogen) atoms. The highest BCUT2D eigenvalue weighted by molar-refractivity contribution is 6.35. The highest BCUT2D eigenvalue weighted by Crippen LogP contribution is 2.31. The van der Waals surface area contributed by atoms with Gasteiger partial charge in [0, 0.05) is 52.5 Å². The van der Waals surface area contributed by atoms with E-state index in [4.69, 9.17) is 27.9 Å². The van der Waals surface area contributed by atoms with E-state index in [0.29, 0.717) is 16.6 Å². The smallest absolute Gasteiger partial charge is 0.143 e. The third-order valence-corrected chi connectivity index (χ3v) is 5.23. The molecule has 0 aliphatic carbocycles. The molecule has 0 aliphatic heterocycles. The molecule has 148 valence electrons. The topological polar surface area (TPSA) is 44.9 Å². The first-order valence-corrected chi connectivity index (χ1v) is 10.1. The third kappa shape index (κ3) is 4.47. The molecule has 7 heteroatoms. The molecule has 2 aromatic heterocycles. The summed E-state index contributed by atoms with van der Waals surface area (Å²) in [6, 6.07) is 13.4. The van der Waals surface area contributed by atoms with Crippen molar-refractivity contribution in [3.8, 4) is 11.4 Å². The van der Waals surface area contributed by atoms with Gasteiger partial charge in [-0.2, -0.15) is 0 Å². The van der Waals surface area contributed by atoms with Crippen molar-refractivity contribution < 1.29 is 4.74 Å². The summed E-state index contributed by atoms with van der Waals surface area (Å²) in [5.41, 5.74) is 1.92. The number of imidazole rings is 2. The molecule has 0 fully saturated rings. The zero-order chi connectivity index (χ0) is 20.2. The van der Waals surface area contributed by atoms with Gasteiger partial charge in [-0.05, 0) is 36.4 Å². The molecule has 0 bridgehead atoms. The predicted molar refractivity (Wildman–Crippen MR) is 115 cm³/mol. The minimum absolute atomic E-state index is 0.292. The Morgan fingerprint density at radius 3 is 2.55 bits per heavy atom. The van der Waals surface area contributed by atoms with Crippen LogP contribution in [0.15, 0.2) is 73.6 Å². The van der Waals surface area contributed by atoms with Crippen LogP contribution in [0, 0.1) is 0 Å². The fourth-order valence-electron chi connectivity index (χ4n) is 3.23. The Balaban J connectivity index is 1.60. The van der Waals surface area contributed by atoms with Crippen LogP contribution in [0.3, 0.4) is 0 Å². The second-order valence-electron chi connectivity index (χ2n) is 6.59. The zero-order valence-corrected chi connectivity index (χ0v) is 17.4. The number of aryl methyl sites for hydroxylation is 1. The maximum Gasteiger partial charge on any atom is 0.143 e. The van der Waals surface area contributed by atoms with E-state index in [9.17, 15) is 0 Å². The lowest BCUT2D eigenvalue weighted by Gasteiger charge is -2.21. The number of nitrogens with zero attached hydrogens (tertiary/aromatic N) is 4. The molecular weight excluding hydrogens is 407 g/mol. The summed E-state index contributed by atoms with van der Waals surface area (Å²) in [6.07, 6.45) is 9.75. The van der Waals surface area contributed by atoms with E-state index < -0.39 is 0 Å². The molecular formula is C22H20Cl2N4O. The predicted octanol–water partition coefficient (Wildman–Crippen LogP) is 5.76. The van der Waals surface area contributed by atoms with Gasteiger partial charge in [-0.25, -0.2) is 9.97 Å². The number of hydrogen-bond donors (Lipinski definition) is 0. The Kier molecular flexibility index (Phi) is 5.88. The number of benzene rings is 2. The zero-order valence-electron chi connectivity index (χ0n) is 15.9. The molecule has 1 atom stereocenters. The van der Waals surface area contributed by atoms with Gasteiger partial charge < -0.3 is 13.9 Å². The van der Waals surface area contributed by atoms with Crippen molar-refractivity contribution in [2.24, 2.45) is 0 Å². The van der Waals surface area contributed by atoms with Crippen molar-refractivity contribution in [2.45, 2.75) is 26.0 Å². The highest BCUT2D eigenvalue weighted by Gasteiger charge is 2.18. The minimum atomic E-state index is -0.292. The number of halogens is 2. The summed E-state index contributed by atoms with van der Waals surface area (Å²) < 4.78 is 10.4. The molecule has 0 radical (unpaired) electrons. The van der Waals surface area contributed by atoms with Gasteiger partial charge in [0.15, 0.2) is 0 Å². The Morgan fingerprint density at radius 2 is 1.86 bits per heavy atom. The fourth-order valence-corrected chi connectivity index (χ4v) is 3.76.